The summed E-state index contributed by atoms with van der Waals surface area (Å²) in [5.74, 6) is -0.0710. The Morgan fingerprint density at radius 2 is 1.92 bits per heavy atom. The first-order chi connectivity index (χ1) is 11.8. The predicted molar refractivity (Wildman–Crippen MR) is 87.8 cm³/mol. The van der Waals surface area contributed by atoms with Crippen molar-refractivity contribution in [2.45, 2.75) is 39.4 Å². The first-order valence-electron chi connectivity index (χ1n) is 7.80. The lowest BCUT2D eigenvalue weighted by Gasteiger charge is -2.19. The number of hydrogen-bond donors (Lipinski definition) is 1. The molecule has 0 aliphatic heterocycles. The highest BCUT2D eigenvalue weighted by Gasteiger charge is 2.16. The zero-order valence-electron chi connectivity index (χ0n) is 14.4. The molecular formula is C16H21N5O4. The average molecular weight is 347 g/mol. The minimum Gasteiger partial charge on any atom is -0.457 e. The largest absolute Gasteiger partial charge is 0.457 e. The van der Waals surface area contributed by atoms with E-state index < -0.39 is 17.7 Å². The SMILES string of the molecule is CC(C)(C)OC(=O)NCCC(=O)OCc1nnnn1-c1ccccc1. The van der Waals surface area contributed by atoms with Crippen molar-refractivity contribution in [3.8, 4) is 5.69 Å². The van der Waals surface area contributed by atoms with E-state index in [2.05, 4.69) is 20.8 Å². The molecule has 2 rings (SSSR count). The summed E-state index contributed by atoms with van der Waals surface area (Å²) in [4.78, 5) is 23.2. The third kappa shape index (κ3) is 6.21. The van der Waals surface area contributed by atoms with Gasteiger partial charge in [0.1, 0.15) is 5.60 Å². The summed E-state index contributed by atoms with van der Waals surface area (Å²) in [6.07, 6.45) is -0.556. The Balaban J connectivity index is 1.76. The van der Waals surface area contributed by atoms with Crippen molar-refractivity contribution in [3.63, 3.8) is 0 Å². The van der Waals surface area contributed by atoms with Crippen molar-refractivity contribution < 1.29 is 19.1 Å². The van der Waals surface area contributed by atoms with Gasteiger partial charge in [-0.2, -0.15) is 4.68 Å². The number of para-hydroxylation sites is 1. The summed E-state index contributed by atoms with van der Waals surface area (Å²) < 4.78 is 11.7. The van der Waals surface area contributed by atoms with Gasteiger partial charge in [-0.3, -0.25) is 4.79 Å². The third-order valence-electron chi connectivity index (χ3n) is 2.89. The Hall–Kier alpha value is -2.97. The number of hydrogen-bond acceptors (Lipinski definition) is 7. The molecule has 1 aromatic carbocycles. The zero-order chi connectivity index (χ0) is 18.3. The molecule has 0 bridgehead atoms. The maximum absolute atomic E-state index is 11.8. The summed E-state index contributed by atoms with van der Waals surface area (Å²) >= 11 is 0. The highest BCUT2D eigenvalue weighted by atomic mass is 16.6. The lowest BCUT2D eigenvalue weighted by atomic mass is 10.2. The number of amides is 1. The van der Waals surface area contributed by atoms with Crippen molar-refractivity contribution >= 4 is 12.1 Å². The van der Waals surface area contributed by atoms with Gasteiger partial charge in [0.15, 0.2) is 12.4 Å². The standard InChI is InChI=1S/C16H21N5O4/c1-16(2,3)25-15(23)17-10-9-14(22)24-11-13-18-19-20-21(13)12-7-5-4-6-8-12/h4-8H,9-11H2,1-3H3,(H,17,23). The van der Waals surface area contributed by atoms with Crippen LogP contribution in [-0.2, 0) is 20.9 Å². The van der Waals surface area contributed by atoms with E-state index in [4.69, 9.17) is 9.47 Å². The molecule has 0 radical (unpaired) electrons. The fourth-order valence-corrected chi connectivity index (χ4v) is 1.86. The van der Waals surface area contributed by atoms with Gasteiger partial charge >= 0.3 is 12.1 Å². The number of tetrazole rings is 1. The molecule has 9 nitrogen and oxygen atoms in total. The van der Waals surface area contributed by atoms with Crippen LogP contribution in [0.2, 0.25) is 0 Å². The number of rotatable bonds is 6. The molecule has 25 heavy (non-hydrogen) atoms. The Kier molecular flexibility index (Phi) is 6.04. The van der Waals surface area contributed by atoms with Crippen LogP contribution in [0, 0.1) is 0 Å². The van der Waals surface area contributed by atoms with E-state index in [0.717, 1.165) is 5.69 Å². The Bertz CT molecular complexity index is 709. The quantitative estimate of drug-likeness (QED) is 0.791. The monoisotopic (exact) mass is 347 g/mol. The molecule has 0 saturated heterocycles. The van der Waals surface area contributed by atoms with E-state index in [1.54, 1.807) is 20.8 Å². The topological polar surface area (TPSA) is 108 Å². The summed E-state index contributed by atoms with van der Waals surface area (Å²) in [5, 5.41) is 13.8. The smallest absolute Gasteiger partial charge is 0.407 e. The van der Waals surface area contributed by atoms with Crippen molar-refractivity contribution in [1.29, 1.82) is 0 Å². The molecule has 0 atom stereocenters. The van der Waals surface area contributed by atoms with Crippen LogP contribution in [0.15, 0.2) is 30.3 Å². The van der Waals surface area contributed by atoms with E-state index in [1.165, 1.54) is 4.68 Å². The fraction of sp³-hybridized carbons (Fsp3) is 0.438. The second kappa shape index (κ2) is 8.22. The number of benzene rings is 1. The first-order valence-corrected chi connectivity index (χ1v) is 7.80. The number of esters is 1. The molecule has 2 aromatic rings. The van der Waals surface area contributed by atoms with Crippen LogP contribution in [0.5, 0.6) is 0 Å². The van der Waals surface area contributed by atoms with Gasteiger partial charge < -0.3 is 14.8 Å². The van der Waals surface area contributed by atoms with Gasteiger partial charge in [0, 0.05) is 6.54 Å². The molecule has 0 unspecified atom stereocenters. The average Bonchev–Trinajstić information content (AvgIpc) is 3.00. The van der Waals surface area contributed by atoms with E-state index >= 15 is 0 Å². The molecule has 0 spiro atoms. The molecule has 1 N–H and O–H groups in total. The van der Waals surface area contributed by atoms with E-state index in [9.17, 15) is 9.59 Å². The summed E-state index contributed by atoms with van der Waals surface area (Å²) in [6.45, 7) is 5.35. The third-order valence-corrected chi connectivity index (χ3v) is 2.89. The van der Waals surface area contributed by atoms with Gasteiger partial charge in [-0.05, 0) is 43.3 Å². The zero-order valence-corrected chi connectivity index (χ0v) is 14.4. The second-order valence-corrected chi connectivity index (χ2v) is 6.18. The van der Waals surface area contributed by atoms with Crippen molar-refractivity contribution in [2.75, 3.05) is 6.54 Å². The van der Waals surface area contributed by atoms with Gasteiger partial charge in [-0.15, -0.1) is 5.10 Å². The van der Waals surface area contributed by atoms with Crippen LogP contribution < -0.4 is 5.32 Å². The molecule has 0 aliphatic rings. The van der Waals surface area contributed by atoms with Gasteiger partial charge in [0.25, 0.3) is 0 Å². The molecule has 0 saturated carbocycles. The van der Waals surface area contributed by atoms with Crippen molar-refractivity contribution in [2.24, 2.45) is 0 Å². The van der Waals surface area contributed by atoms with Crippen LogP contribution in [0.25, 0.3) is 5.69 Å². The van der Waals surface area contributed by atoms with Gasteiger partial charge in [0.2, 0.25) is 0 Å². The molecule has 134 valence electrons. The van der Waals surface area contributed by atoms with E-state index in [0.29, 0.717) is 5.82 Å². The van der Waals surface area contributed by atoms with E-state index in [1.807, 2.05) is 30.3 Å². The van der Waals surface area contributed by atoms with Crippen LogP contribution in [0.3, 0.4) is 0 Å². The highest BCUT2D eigenvalue weighted by Crippen LogP contribution is 2.08. The van der Waals surface area contributed by atoms with Gasteiger partial charge in [-0.1, -0.05) is 18.2 Å². The van der Waals surface area contributed by atoms with Crippen LogP contribution in [-0.4, -0.2) is 44.4 Å². The van der Waals surface area contributed by atoms with E-state index in [-0.39, 0.29) is 19.6 Å². The second-order valence-electron chi connectivity index (χ2n) is 6.18. The minimum atomic E-state index is -0.584. The summed E-state index contributed by atoms with van der Waals surface area (Å²) in [5.41, 5.74) is 0.184. The highest BCUT2D eigenvalue weighted by molar-refractivity contribution is 5.71. The first kappa shape index (κ1) is 18.4. The minimum absolute atomic E-state index is 0.0200. The Morgan fingerprint density at radius 1 is 1.20 bits per heavy atom. The van der Waals surface area contributed by atoms with Gasteiger partial charge in [-0.25, -0.2) is 4.79 Å². The van der Waals surface area contributed by atoms with Crippen LogP contribution >= 0.6 is 0 Å². The molecule has 0 fully saturated rings. The lowest BCUT2D eigenvalue weighted by Crippen LogP contribution is -2.33. The fourth-order valence-electron chi connectivity index (χ4n) is 1.86. The van der Waals surface area contributed by atoms with Crippen LogP contribution in [0.1, 0.15) is 33.0 Å². The molecule has 1 aromatic heterocycles. The number of nitrogens with zero attached hydrogens (tertiary/aromatic N) is 4. The molecular weight excluding hydrogens is 326 g/mol. The number of nitrogens with one attached hydrogen (secondary N) is 1. The maximum atomic E-state index is 11.8. The van der Waals surface area contributed by atoms with Crippen LogP contribution in [0.4, 0.5) is 4.79 Å². The van der Waals surface area contributed by atoms with Gasteiger partial charge in [0.05, 0.1) is 12.1 Å². The maximum Gasteiger partial charge on any atom is 0.407 e. The normalized spacial score (nSPS) is 11.0. The molecule has 0 aliphatic carbocycles. The summed E-state index contributed by atoms with van der Waals surface area (Å²) in [7, 11) is 0. The summed E-state index contributed by atoms with van der Waals surface area (Å²) in [6, 6.07) is 9.27. The number of aromatic nitrogens is 4. The van der Waals surface area contributed by atoms with Crippen molar-refractivity contribution in [3.05, 3.63) is 36.2 Å². The molecule has 1 amide bonds. The molecule has 9 heteroatoms. The Labute approximate surface area is 145 Å². The number of carbonyl (C=O) groups excluding carboxylic acids is 2. The number of alkyl carbamates (subject to hydrolysis) is 1. The van der Waals surface area contributed by atoms with Crippen molar-refractivity contribution in [1.82, 2.24) is 25.5 Å². The number of ether oxygens (including phenoxy) is 2. The molecule has 1 heterocycles. The Morgan fingerprint density at radius 3 is 2.60 bits per heavy atom. The predicted octanol–water partition coefficient (Wildman–Crippen LogP) is 1.62. The number of carbonyl (C=O) groups is 2. The lowest BCUT2D eigenvalue weighted by molar-refractivity contribution is -0.145.